The summed E-state index contributed by atoms with van der Waals surface area (Å²) in [5.41, 5.74) is -0.273. The van der Waals surface area contributed by atoms with Crippen LogP contribution in [0.1, 0.15) is 53.3 Å². The molecule has 0 aromatic carbocycles. The molecule has 32 heavy (non-hydrogen) atoms. The third kappa shape index (κ3) is 4.27. The first-order valence-electron chi connectivity index (χ1n) is 11.3. The summed E-state index contributed by atoms with van der Waals surface area (Å²) in [7, 11) is 1.63. The van der Waals surface area contributed by atoms with Crippen LogP contribution in [-0.4, -0.2) is 52.1 Å². The van der Waals surface area contributed by atoms with Crippen molar-refractivity contribution in [2.24, 2.45) is 17.8 Å². The number of aromatic nitrogens is 2. The van der Waals surface area contributed by atoms with Crippen molar-refractivity contribution in [3.63, 3.8) is 0 Å². The van der Waals surface area contributed by atoms with Crippen LogP contribution in [0.25, 0.3) is 5.52 Å². The number of nitrogens with one attached hydrogen (secondary N) is 1. The number of methoxy groups -OCH3 is 1. The fraction of sp³-hybridized carbons (Fsp3) is 0.625. The Hall–Kier alpha value is -2.77. The standard InChI is InChI=1S/C24H34N4O4/c1-23(2,3)32-22(30)27-13-16-10-15(11-17(16)14-27)20(29)26-24(4,5)21-25-12-18-19(31-6)8-7-9-28(18)21/h7-9,12,15-17H,10-11,13-14H2,1-6H3,(H,26,29)/t15?,16-,17+. The Morgan fingerprint density at radius 1 is 1.12 bits per heavy atom. The van der Waals surface area contributed by atoms with Crippen LogP contribution in [0.3, 0.4) is 0 Å². The number of ether oxygens (including phenoxy) is 2. The van der Waals surface area contributed by atoms with Crippen LogP contribution in [0.4, 0.5) is 4.79 Å². The van der Waals surface area contributed by atoms with Crippen molar-refractivity contribution in [3.8, 4) is 5.75 Å². The average Bonchev–Trinajstić information content (AvgIpc) is 3.38. The lowest BCUT2D eigenvalue weighted by Crippen LogP contribution is -2.45. The van der Waals surface area contributed by atoms with E-state index in [1.54, 1.807) is 18.2 Å². The van der Waals surface area contributed by atoms with Gasteiger partial charge in [0.05, 0.1) is 18.8 Å². The molecule has 3 heterocycles. The Labute approximate surface area is 189 Å². The lowest BCUT2D eigenvalue weighted by atomic mass is 9.99. The Kier molecular flexibility index (Phi) is 5.59. The summed E-state index contributed by atoms with van der Waals surface area (Å²) in [5, 5.41) is 3.22. The number of amides is 2. The highest BCUT2D eigenvalue weighted by molar-refractivity contribution is 5.80. The maximum atomic E-state index is 13.2. The quantitative estimate of drug-likeness (QED) is 0.782. The molecule has 1 unspecified atom stereocenters. The van der Waals surface area contributed by atoms with Gasteiger partial charge >= 0.3 is 6.09 Å². The molecule has 3 atom stereocenters. The van der Waals surface area contributed by atoms with Crippen molar-refractivity contribution in [1.82, 2.24) is 19.6 Å². The summed E-state index contributed by atoms with van der Waals surface area (Å²) in [4.78, 5) is 31.9. The van der Waals surface area contributed by atoms with Gasteiger partial charge in [-0.15, -0.1) is 0 Å². The molecule has 2 aromatic heterocycles. The second kappa shape index (κ2) is 7.98. The maximum absolute atomic E-state index is 13.2. The van der Waals surface area contributed by atoms with Crippen molar-refractivity contribution >= 4 is 17.5 Å². The van der Waals surface area contributed by atoms with E-state index >= 15 is 0 Å². The molecular formula is C24H34N4O4. The van der Waals surface area contributed by atoms with Crippen molar-refractivity contribution in [3.05, 3.63) is 30.4 Å². The van der Waals surface area contributed by atoms with Crippen LogP contribution in [-0.2, 0) is 15.1 Å². The minimum atomic E-state index is -0.643. The fourth-order valence-corrected chi connectivity index (χ4v) is 5.09. The third-order valence-corrected chi connectivity index (χ3v) is 6.52. The maximum Gasteiger partial charge on any atom is 0.410 e. The Morgan fingerprint density at radius 2 is 1.78 bits per heavy atom. The van der Waals surface area contributed by atoms with Gasteiger partial charge in [0.15, 0.2) is 0 Å². The van der Waals surface area contributed by atoms with Crippen molar-refractivity contribution < 1.29 is 19.1 Å². The summed E-state index contributed by atoms with van der Waals surface area (Å²) in [5.74, 6) is 2.19. The minimum Gasteiger partial charge on any atom is -0.494 e. The van der Waals surface area contributed by atoms with Gasteiger partial charge in [0.2, 0.25) is 5.91 Å². The van der Waals surface area contributed by atoms with E-state index in [0.29, 0.717) is 24.9 Å². The van der Waals surface area contributed by atoms with Gasteiger partial charge in [0.1, 0.15) is 22.7 Å². The van der Waals surface area contributed by atoms with Crippen LogP contribution in [0.5, 0.6) is 5.75 Å². The summed E-state index contributed by atoms with van der Waals surface area (Å²) in [6.45, 7) is 10.9. The summed E-state index contributed by atoms with van der Waals surface area (Å²) >= 11 is 0. The molecule has 0 radical (unpaired) electrons. The summed E-state index contributed by atoms with van der Waals surface area (Å²) in [6, 6.07) is 3.80. The largest absolute Gasteiger partial charge is 0.494 e. The third-order valence-electron chi connectivity index (χ3n) is 6.52. The van der Waals surface area contributed by atoms with E-state index in [9.17, 15) is 9.59 Å². The highest BCUT2D eigenvalue weighted by atomic mass is 16.6. The second-order valence-corrected chi connectivity index (χ2v) is 10.6. The second-order valence-electron chi connectivity index (χ2n) is 10.6. The Balaban J connectivity index is 1.39. The summed E-state index contributed by atoms with van der Waals surface area (Å²) < 4.78 is 12.9. The van der Waals surface area contributed by atoms with E-state index in [1.165, 1.54) is 0 Å². The molecule has 174 valence electrons. The number of hydrogen-bond acceptors (Lipinski definition) is 5. The Morgan fingerprint density at radius 3 is 2.38 bits per heavy atom. The first kappa shape index (κ1) is 22.4. The molecule has 0 bridgehead atoms. The molecule has 8 nitrogen and oxygen atoms in total. The number of rotatable bonds is 4. The first-order chi connectivity index (χ1) is 15.0. The van der Waals surface area contributed by atoms with Gasteiger partial charge in [-0.3, -0.25) is 9.20 Å². The van der Waals surface area contributed by atoms with Crippen LogP contribution in [0, 0.1) is 17.8 Å². The van der Waals surface area contributed by atoms with Gasteiger partial charge in [-0.25, -0.2) is 9.78 Å². The van der Waals surface area contributed by atoms with Crippen LogP contribution >= 0.6 is 0 Å². The molecule has 1 aliphatic heterocycles. The lowest BCUT2D eigenvalue weighted by Gasteiger charge is -2.28. The van der Waals surface area contributed by atoms with Crippen LogP contribution < -0.4 is 10.1 Å². The Bertz CT molecular complexity index is 1010. The molecule has 2 aliphatic rings. The normalized spacial score (nSPS) is 23.3. The van der Waals surface area contributed by atoms with E-state index in [2.05, 4.69) is 10.3 Å². The molecule has 2 amide bonds. The molecule has 2 fully saturated rings. The monoisotopic (exact) mass is 442 g/mol. The number of likely N-dealkylation sites (tertiary alicyclic amines) is 1. The smallest absolute Gasteiger partial charge is 0.410 e. The van der Waals surface area contributed by atoms with E-state index in [1.807, 2.05) is 57.3 Å². The van der Waals surface area contributed by atoms with Crippen LogP contribution in [0.2, 0.25) is 0 Å². The number of carbonyl (C=O) groups is 2. The number of nitrogens with zero attached hydrogens (tertiary/aromatic N) is 3. The zero-order valence-electron chi connectivity index (χ0n) is 19.8. The number of carbonyl (C=O) groups excluding carboxylic acids is 2. The minimum absolute atomic E-state index is 0.0489. The topological polar surface area (TPSA) is 85.2 Å². The van der Waals surface area contributed by atoms with Crippen LogP contribution in [0.15, 0.2) is 24.5 Å². The molecule has 0 spiro atoms. The van der Waals surface area contributed by atoms with Gasteiger partial charge in [-0.1, -0.05) is 0 Å². The zero-order valence-corrected chi connectivity index (χ0v) is 19.8. The lowest BCUT2D eigenvalue weighted by molar-refractivity contribution is -0.126. The molecule has 1 aliphatic carbocycles. The average molecular weight is 443 g/mol. The van der Waals surface area contributed by atoms with Gasteiger partial charge < -0.3 is 19.7 Å². The molecule has 1 N–H and O–H groups in total. The number of fused-ring (bicyclic) bond motifs is 2. The number of imidazole rings is 1. The molecule has 1 saturated carbocycles. The molecule has 8 heteroatoms. The SMILES string of the molecule is COc1cccn2c(C(C)(C)NC(=O)C3C[C@@H]4CN(C(=O)OC(C)(C)C)C[C@@H]4C3)ncc12. The summed E-state index contributed by atoms with van der Waals surface area (Å²) in [6.07, 6.45) is 5.03. The number of pyridine rings is 1. The highest BCUT2D eigenvalue weighted by Gasteiger charge is 2.46. The molecular weight excluding hydrogens is 408 g/mol. The molecule has 1 saturated heterocycles. The fourth-order valence-electron chi connectivity index (χ4n) is 5.09. The molecule has 2 aromatic rings. The van der Waals surface area contributed by atoms with E-state index in [0.717, 1.165) is 29.9 Å². The van der Waals surface area contributed by atoms with E-state index in [4.69, 9.17) is 9.47 Å². The predicted molar refractivity (Wildman–Crippen MR) is 120 cm³/mol. The predicted octanol–water partition coefficient (Wildman–Crippen LogP) is 3.59. The van der Waals surface area contributed by atoms with E-state index in [-0.39, 0.29) is 17.9 Å². The first-order valence-corrected chi connectivity index (χ1v) is 11.3. The van der Waals surface area contributed by atoms with Crippen molar-refractivity contribution in [2.45, 2.75) is 58.6 Å². The van der Waals surface area contributed by atoms with Gasteiger partial charge in [-0.2, -0.15) is 0 Å². The van der Waals surface area contributed by atoms with Crippen molar-refractivity contribution in [1.29, 1.82) is 0 Å². The molecule has 4 rings (SSSR count). The van der Waals surface area contributed by atoms with Crippen molar-refractivity contribution in [2.75, 3.05) is 20.2 Å². The number of hydrogen-bond donors (Lipinski definition) is 1. The zero-order chi connectivity index (χ0) is 23.3. The van der Waals surface area contributed by atoms with E-state index < -0.39 is 11.1 Å². The van der Waals surface area contributed by atoms with Gasteiger partial charge in [-0.05, 0) is 71.4 Å². The highest BCUT2D eigenvalue weighted by Crippen LogP contribution is 2.42. The van der Waals surface area contributed by atoms with Gasteiger partial charge in [0.25, 0.3) is 0 Å². The van der Waals surface area contributed by atoms with Gasteiger partial charge in [0, 0.05) is 25.2 Å².